The maximum absolute atomic E-state index is 12.7. The Morgan fingerprint density at radius 3 is 1.95 bits per heavy atom. The lowest BCUT2D eigenvalue weighted by atomic mass is 9.89. The molecule has 0 amide bonds. The molecule has 0 spiro atoms. The van der Waals surface area contributed by atoms with Crippen molar-refractivity contribution in [2.45, 2.75) is 192 Å². The van der Waals surface area contributed by atoms with Crippen molar-refractivity contribution in [2.75, 3.05) is 26.4 Å². The minimum absolute atomic E-state index is 0.00569. The molecule has 0 aromatic carbocycles. The predicted octanol–water partition coefficient (Wildman–Crippen LogP) is 7.94. The minimum atomic E-state index is -4.69. The number of aliphatic hydroxyl groups excluding tert-OH is 5. The van der Waals surface area contributed by atoms with Gasteiger partial charge in [0.05, 0.1) is 38.1 Å². The highest BCUT2D eigenvalue weighted by Crippen LogP contribution is 2.43. The number of hydrogen-bond acceptors (Lipinski definition) is 12. The number of rotatable bonds is 37. The molecule has 1 aliphatic rings. The summed E-state index contributed by atoms with van der Waals surface area (Å²) in [7, 11) is -4.69. The summed E-state index contributed by atoms with van der Waals surface area (Å²) < 4.78 is 32.7. The first-order chi connectivity index (χ1) is 27.9. The molecular formula is C44H79O13P. The SMILES string of the molecule is CCCCCCCC/C=C\CCCCCCCC(=O)OCC(COP(=O)(O)OCC(O)CO)OC(=O)CCC/C=C\CC1C(O)CC(O)C1/C=C/C(O)CCCCC. The molecule has 13 nitrogen and oxygen atoms in total. The lowest BCUT2D eigenvalue weighted by Gasteiger charge is -2.20. The molecule has 0 heterocycles. The van der Waals surface area contributed by atoms with E-state index in [4.69, 9.17) is 19.1 Å². The number of allylic oxidation sites excluding steroid dienone is 4. The second-order valence-electron chi connectivity index (χ2n) is 15.7. The van der Waals surface area contributed by atoms with E-state index in [2.05, 4.69) is 30.5 Å². The molecule has 0 saturated heterocycles. The van der Waals surface area contributed by atoms with Gasteiger partial charge in [-0.1, -0.05) is 121 Å². The van der Waals surface area contributed by atoms with E-state index in [1.165, 1.54) is 38.5 Å². The average molecular weight is 847 g/mol. The smallest absolute Gasteiger partial charge is 0.462 e. The van der Waals surface area contributed by atoms with Gasteiger partial charge in [-0.2, -0.15) is 0 Å². The fraction of sp³-hybridized carbons (Fsp3) is 0.818. The van der Waals surface area contributed by atoms with Crippen LogP contribution in [0.2, 0.25) is 0 Å². The van der Waals surface area contributed by atoms with Crippen LogP contribution in [-0.2, 0) is 32.7 Å². The Balaban J connectivity index is 2.49. The third-order valence-corrected chi connectivity index (χ3v) is 11.3. The average Bonchev–Trinajstić information content (AvgIpc) is 3.47. The number of aliphatic hydroxyl groups is 5. The van der Waals surface area contributed by atoms with Gasteiger partial charge in [0.1, 0.15) is 12.7 Å². The van der Waals surface area contributed by atoms with E-state index in [-0.39, 0.29) is 31.1 Å². The van der Waals surface area contributed by atoms with Crippen molar-refractivity contribution < 1.29 is 63.1 Å². The molecule has 0 aromatic heterocycles. The van der Waals surface area contributed by atoms with Crippen molar-refractivity contribution in [3.05, 3.63) is 36.5 Å². The van der Waals surface area contributed by atoms with Crippen molar-refractivity contribution in [1.29, 1.82) is 0 Å². The van der Waals surface area contributed by atoms with Gasteiger partial charge in [-0.05, 0) is 63.7 Å². The number of carbonyl (C=O) groups is 2. The van der Waals surface area contributed by atoms with E-state index in [0.29, 0.717) is 32.1 Å². The van der Waals surface area contributed by atoms with Crippen LogP contribution in [0.3, 0.4) is 0 Å². The molecule has 0 radical (unpaired) electrons. The van der Waals surface area contributed by atoms with Crippen molar-refractivity contribution in [3.63, 3.8) is 0 Å². The zero-order valence-corrected chi connectivity index (χ0v) is 36.5. The van der Waals surface area contributed by atoms with Crippen LogP contribution in [-0.4, -0.2) is 99.3 Å². The van der Waals surface area contributed by atoms with Crippen LogP contribution in [0.25, 0.3) is 0 Å². The van der Waals surface area contributed by atoms with Crippen molar-refractivity contribution in [2.24, 2.45) is 11.8 Å². The third kappa shape index (κ3) is 28.5. The van der Waals surface area contributed by atoms with E-state index >= 15 is 0 Å². The summed E-state index contributed by atoms with van der Waals surface area (Å²) in [5.41, 5.74) is 0. The summed E-state index contributed by atoms with van der Waals surface area (Å²) in [6, 6.07) is 0. The van der Waals surface area contributed by atoms with E-state index in [1.54, 1.807) is 6.08 Å². The maximum atomic E-state index is 12.7. The minimum Gasteiger partial charge on any atom is -0.462 e. The van der Waals surface area contributed by atoms with E-state index in [0.717, 1.165) is 57.8 Å². The Morgan fingerprint density at radius 2 is 1.28 bits per heavy atom. The molecule has 6 N–H and O–H groups in total. The highest BCUT2D eigenvalue weighted by atomic mass is 31.2. The van der Waals surface area contributed by atoms with Gasteiger partial charge in [0.25, 0.3) is 0 Å². The molecule has 0 aromatic rings. The lowest BCUT2D eigenvalue weighted by Crippen LogP contribution is -2.29. The third-order valence-electron chi connectivity index (χ3n) is 10.3. The van der Waals surface area contributed by atoms with Crippen molar-refractivity contribution in [3.8, 4) is 0 Å². The Morgan fingerprint density at radius 1 is 0.707 bits per heavy atom. The van der Waals surface area contributed by atoms with Gasteiger partial charge < -0.3 is 39.9 Å². The van der Waals surface area contributed by atoms with Gasteiger partial charge >= 0.3 is 19.8 Å². The quantitative estimate of drug-likeness (QED) is 0.0152. The number of phosphoric ester groups is 1. The van der Waals surface area contributed by atoms with E-state index in [9.17, 15) is 39.5 Å². The van der Waals surface area contributed by atoms with Crippen LogP contribution >= 0.6 is 7.82 Å². The molecule has 1 rings (SSSR count). The highest BCUT2D eigenvalue weighted by Gasteiger charge is 2.39. The maximum Gasteiger partial charge on any atom is 0.472 e. The number of esters is 2. The Hall–Kier alpha value is -1.93. The Bertz CT molecular complexity index is 1180. The van der Waals surface area contributed by atoms with E-state index in [1.807, 2.05) is 18.2 Å². The van der Waals surface area contributed by atoms with Gasteiger partial charge in [0, 0.05) is 25.2 Å². The Kier molecular flexibility index (Phi) is 32.4. The molecule has 58 heavy (non-hydrogen) atoms. The number of hydrogen-bond donors (Lipinski definition) is 6. The molecule has 14 heteroatoms. The Labute approximate surface area is 348 Å². The summed E-state index contributed by atoms with van der Waals surface area (Å²) in [6.45, 7) is 1.98. The van der Waals surface area contributed by atoms with Gasteiger partial charge in [0.15, 0.2) is 6.10 Å². The fourth-order valence-electron chi connectivity index (χ4n) is 6.80. The molecular weight excluding hydrogens is 767 g/mol. The van der Waals surface area contributed by atoms with Gasteiger partial charge in [-0.25, -0.2) is 4.57 Å². The molecule has 1 fully saturated rings. The summed E-state index contributed by atoms with van der Waals surface area (Å²) in [5.74, 6) is -1.59. The van der Waals surface area contributed by atoms with Gasteiger partial charge in [0.2, 0.25) is 0 Å². The van der Waals surface area contributed by atoms with Gasteiger partial charge in [-0.3, -0.25) is 18.6 Å². The second-order valence-corrected chi connectivity index (χ2v) is 17.1. The van der Waals surface area contributed by atoms with E-state index < -0.39 is 76.7 Å². The number of unbranched alkanes of at least 4 members (excludes halogenated alkanes) is 14. The molecule has 0 bridgehead atoms. The van der Waals surface area contributed by atoms with Crippen LogP contribution in [0.4, 0.5) is 0 Å². The molecule has 338 valence electrons. The zero-order chi connectivity index (χ0) is 42.9. The molecule has 1 saturated carbocycles. The highest BCUT2D eigenvalue weighted by molar-refractivity contribution is 7.47. The summed E-state index contributed by atoms with van der Waals surface area (Å²) in [4.78, 5) is 35.2. The second kappa shape index (κ2) is 34.7. The molecule has 8 atom stereocenters. The summed E-state index contributed by atoms with van der Waals surface area (Å²) in [6.07, 6.45) is 27.7. The fourth-order valence-corrected chi connectivity index (χ4v) is 7.59. The monoisotopic (exact) mass is 847 g/mol. The van der Waals surface area contributed by atoms with Crippen LogP contribution in [0.1, 0.15) is 162 Å². The molecule has 1 aliphatic carbocycles. The first-order valence-electron chi connectivity index (χ1n) is 22.2. The van der Waals surface area contributed by atoms with Crippen molar-refractivity contribution in [1.82, 2.24) is 0 Å². The molecule has 8 unspecified atom stereocenters. The number of carbonyl (C=O) groups excluding carboxylic acids is 2. The first-order valence-corrected chi connectivity index (χ1v) is 23.7. The lowest BCUT2D eigenvalue weighted by molar-refractivity contribution is -0.161. The molecule has 0 aliphatic heterocycles. The predicted molar refractivity (Wildman–Crippen MR) is 226 cm³/mol. The normalized spacial score (nSPS) is 21.2. The zero-order valence-electron chi connectivity index (χ0n) is 35.6. The topological polar surface area (TPSA) is 210 Å². The number of ether oxygens (including phenoxy) is 2. The first kappa shape index (κ1) is 54.1. The van der Waals surface area contributed by atoms with Crippen LogP contribution in [0.15, 0.2) is 36.5 Å². The van der Waals surface area contributed by atoms with Crippen LogP contribution in [0, 0.1) is 11.8 Å². The standard InChI is InChI=1S/C44H79O13P/c1-3-5-7-8-9-10-11-12-13-14-15-16-17-18-23-27-43(50)54-34-38(35-56-58(52,53)55-33-37(47)32-45)57-44(51)28-24-20-19-22-26-39-40(42(49)31-41(39)48)30-29-36(46)25-21-6-4-2/h12-13,19,22,29-30,36-42,45-49H,3-11,14-18,20-21,23-28,31-35H2,1-2H3,(H,52,53)/b13-12-,22-19-,30-29+. The van der Waals surface area contributed by atoms with Crippen molar-refractivity contribution >= 4 is 19.8 Å². The summed E-state index contributed by atoms with van der Waals surface area (Å²) >= 11 is 0. The summed E-state index contributed by atoms with van der Waals surface area (Å²) in [5, 5.41) is 49.7. The van der Waals surface area contributed by atoms with Gasteiger partial charge in [-0.15, -0.1) is 0 Å². The largest absolute Gasteiger partial charge is 0.472 e. The van der Waals surface area contributed by atoms with Crippen LogP contribution < -0.4 is 0 Å². The van der Waals surface area contributed by atoms with Crippen LogP contribution in [0.5, 0.6) is 0 Å². The number of phosphoric acid groups is 1.